The molecule has 1 aromatic carbocycles. The number of halogens is 2. The van der Waals surface area contributed by atoms with Crippen LogP contribution in [0, 0.1) is 5.92 Å². The average Bonchev–Trinajstić information content (AvgIpc) is 2.79. The zero-order chi connectivity index (χ0) is 12.8. The lowest BCUT2D eigenvalue weighted by atomic mass is 10.3. The van der Waals surface area contributed by atoms with E-state index in [1.54, 1.807) is 7.11 Å². The van der Waals surface area contributed by atoms with Crippen molar-refractivity contribution in [1.82, 2.24) is 9.55 Å². The summed E-state index contributed by atoms with van der Waals surface area (Å²) >= 11 is 12.2. The third kappa shape index (κ3) is 2.11. The molecule has 1 aromatic heterocycles. The van der Waals surface area contributed by atoms with Crippen molar-refractivity contribution in [3.8, 4) is 0 Å². The molecule has 3 rings (SSSR count). The molecule has 0 aliphatic heterocycles. The largest absolute Gasteiger partial charge is 0.377 e. The maximum atomic E-state index is 6.11. The zero-order valence-corrected chi connectivity index (χ0v) is 11.6. The molecular formula is C13H14Cl2N2O. The summed E-state index contributed by atoms with van der Waals surface area (Å²) in [6, 6.07) is 8.07. The van der Waals surface area contributed by atoms with Gasteiger partial charge in [0.2, 0.25) is 0 Å². The van der Waals surface area contributed by atoms with Gasteiger partial charge in [-0.2, -0.15) is 0 Å². The minimum absolute atomic E-state index is 0.300. The van der Waals surface area contributed by atoms with Gasteiger partial charge in [0.1, 0.15) is 16.8 Å². The van der Waals surface area contributed by atoms with E-state index in [-0.39, 0.29) is 0 Å². The second-order valence-electron chi connectivity index (χ2n) is 4.72. The van der Waals surface area contributed by atoms with E-state index in [2.05, 4.69) is 15.6 Å². The van der Waals surface area contributed by atoms with Crippen LogP contribution in [-0.2, 0) is 17.9 Å². The Morgan fingerprint density at radius 2 is 2.17 bits per heavy atom. The Bertz CT molecular complexity index is 579. The highest BCUT2D eigenvalue weighted by Crippen LogP contribution is 2.54. The third-order valence-corrected chi connectivity index (χ3v) is 4.29. The minimum Gasteiger partial charge on any atom is -0.377 e. The normalized spacial score (nSPS) is 21.4. The van der Waals surface area contributed by atoms with E-state index >= 15 is 0 Å². The number of alkyl halides is 2. The van der Waals surface area contributed by atoms with E-state index in [4.69, 9.17) is 27.9 Å². The number of methoxy groups -OCH3 is 1. The highest BCUT2D eigenvalue weighted by Gasteiger charge is 2.51. The van der Waals surface area contributed by atoms with Crippen LogP contribution in [0.15, 0.2) is 24.3 Å². The molecule has 1 heterocycles. The average molecular weight is 285 g/mol. The standard InChI is InChI=1S/C13H14Cl2N2O/c1-18-8-12-16-10-4-2-3-5-11(10)17(12)7-9-6-13(9,14)15/h2-5,9H,6-8H2,1H3/t9-/m0/s1. The first-order chi connectivity index (χ1) is 8.62. The Hall–Kier alpha value is -0.770. The molecule has 1 aliphatic carbocycles. The summed E-state index contributed by atoms with van der Waals surface area (Å²) in [6.45, 7) is 1.30. The second kappa shape index (κ2) is 4.41. The number of hydrogen-bond donors (Lipinski definition) is 0. The van der Waals surface area contributed by atoms with Gasteiger partial charge in [0.05, 0.1) is 11.0 Å². The summed E-state index contributed by atoms with van der Waals surface area (Å²) in [6.07, 6.45) is 0.842. The van der Waals surface area contributed by atoms with Gasteiger partial charge in [0.15, 0.2) is 0 Å². The number of benzene rings is 1. The molecule has 1 atom stereocenters. The molecule has 3 nitrogen and oxygen atoms in total. The first kappa shape index (κ1) is 12.3. The quantitative estimate of drug-likeness (QED) is 0.805. The van der Waals surface area contributed by atoms with Crippen molar-refractivity contribution in [3.63, 3.8) is 0 Å². The molecule has 0 amide bonds. The van der Waals surface area contributed by atoms with Crippen molar-refractivity contribution in [3.05, 3.63) is 30.1 Å². The van der Waals surface area contributed by atoms with Crippen LogP contribution >= 0.6 is 23.2 Å². The molecule has 0 bridgehead atoms. The molecule has 0 unspecified atom stereocenters. The van der Waals surface area contributed by atoms with Crippen LogP contribution in [0.4, 0.5) is 0 Å². The van der Waals surface area contributed by atoms with Crippen LogP contribution in [0.1, 0.15) is 12.2 Å². The number of nitrogens with zero attached hydrogens (tertiary/aromatic N) is 2. The molecule has 0 radical (unpaired) electrons. The number of hydrogen-bond acceptors (Lipinski definition) is 2. The van der Waals surface area contributed by atoms with Gasteiger partial charge in [-0.25, -0.2) is 4.98 Å². The van der Waals surface area contributed by atoms with Crippen LogP contribution in [0.2, 0.25) is 0 Å². The van der Waals surface area contributed by atoms with Crippen molar-refractivity contribution in [1.29, 1.82) is 0 Å². The van der Waals surface area contributed by atoms with E-state index in [9.17, 15) is 0 Å². The molecule has 0 spiro atoms. The summed E-state index contributed by atoms with van der Waals surface area (Å²) in [5, 5.41) is 0. The van der Waals surface area contributed by atoms with Gasteiger partial charge in [0, 0.05) is 19.6 Å². The van der Waals surface area contributed by atoms with Crippen molar-refractivity contribution in [2.24, 2.45) is 5.92 Å². The predicted molar refractivity (Wildman–Crippen MR) is 73.0 cm³/mol. The van der Waals surface area contributed by atoms with Crippen LogP contribution < -0.4 is 0 Å². The lowest BCUT2D eigenvalue weighted by Crippen LogP contribution is -2.08. The Morgan fingerprint density at radius 1 is 1.44 bits per heavy atom. The van der Waals surface area contributed by atoms with Gasteiger partial charge < -0.3 is 9.30 Å². The van der Waals surface area contributed by atoms with Gasteiger partial charge in [-0.3, -0.25) is 0 Å². The van der Waals surface area contributed by atoms with Crippen LogP contribution in [0.3, 0.4) is 0 Å². The van der Waals surface area contributed by atoms with E-state index in [1.165, 1.54) is 0 Å². The fourth-order valence-corrected chi connectivity index (χ4v) is 2.77. The molecule has 1 fully saturated rings. The van der Waals surface area contributed by atoms with Crippen molar-refractivity contribution >= 4 is 34.2 Å². The number of ether oxygens (including phenoxy) is 1. The fourth-order valence-electron chi connectivity index (χ4n) is 2.26. The highest BCUT2D eigenvalue weighted by molar-refractivity contribution is 6.50. The van der Waals surface area contributed by atoms with E-state index < -0.39 is 4.33 Å². The first-order valence-electron chi connectivity index (χ1n) is 5.93. The van der Waals surface area contributed by atoms with Crippen LogP contribution in [-0.4, -0.2) is 21.0 Å². The maximum Gasteiger partial charge on any atom is 0.135 e. The summed E-state index contributed by atoms with van der Waals surface area (Å²) in [5.74, 6) is 1.23. The van der Waals surface area contributed by atoms with Gasteiger partial charge in [0.25, 0.3) is 0 Å². The van der Waals surface area contributed by atoms with E-state index in [0.717, 1.165) is 29.8 Å². The summed E-state index contributed by atoms with van der Waals surface area (Å²) in [5.41, 5.74) is 2.10. The monoisotopic (exact) mass is 284 g/mol. The smallest absolute Gasteiger partial charge is 0.135 e. The maximum absolute atomic E-state index is 6.11. The molecule has 96 valence electrons. The number of rotatable bonds is 4. The zero-order valence-electron chi connectivity index (χ0n) is 10.1. The minimum atomic E-state index is -0.560. The predicted octanol–water partition coefficient (Wildman–Crippen LogP) is 3.38. The molecular weight excluding hydrogens is 271 g/mol. The Balaban J connectivity index is 1.99. The lowest BCUT2D eigenvalue weighted by Gasteiger charge is -2.08. The molecule has 18 heavy (non-hydrogen) atoms. The van der Waals surface area contributed by atoms with Gasteiger partial charge in [-0.15, -0.1) is 23.2 Å². The molecule has 1 aliphatic rings. The Morgan fingerprint density at radius 3 is 2.83 bits per heavy atom. The molecule has 2 aromatic rings. The number of aromatic nitrogens is 2. The Kier molecular flexibility index (Phi) is 3.00. The summed E-state index contributed by atoms with van der Waals surface area (Å²) < 4.78 is 6.81. The molecule has 0 N–H and O–H groups in total. The van der Waals surface area contributed by atoms with Crippen molar-refractivity contribution < 1.29 is 4.74 Å². The SMILES string of the molecule is COCc1nc2ccccc2n1C[C@@H]1CC1(Cl)Cl. The lowest BCUT2D eigenvalue weighted by molar-refractivity contribution is 0.174. The summed E-state index contributed by atoms with van der Waals surface area (Å²) in [7, 11) is 1.67. The van der Waals surface area contributed by atoms with Crippen molar-refractivity contribution in [2.45, 2.75) is 23.9 Å². The van der Waals surface area contributed by atoms with Gasteiger partial charge in [-0.1, -0.05) is 12.1 Å². The van der Waals surface area contributed by atoms with Crippen LogP contribution in [0.25, 0.3) is 11.0 Å². The molecule has 1 saturated carbocycles. The molecule has 0 saturated heterocycles. The number of fused-ring (bicyclic) bond motifs is 1. The molecule has 5 heteroatoms. The highest BCUT2D eigenvalue weighted by atomic mass is 35.5. The van der Waals surface area contributed by atoms with Crippen molar-refractivity contribution in [2.75, 3.05) is 7.11 Å². The van der Waals surface area contributed by atoms with E-state index in [0.29, 0.717) is 12.5 Å². The number of imidazole rings is 1. The first-order valence-corrected chi connectivity index (χ1v) is 6.68. The Labute approximate surface area is 116 Å². The van der Waals surface area contributed by atoms with E-state index in [1.807, 2.05) is 18.2 Å². The van der Waals surface area contributed by atoms with Gasteiger partial charge >= 0.3 is 0 Å². The summed E-state index contributed by atoms with van der Waals surface area (Å²) in [4.78, 5) is 4.58. The third-order valence-electron chi connectivity index (χ3n) is 3.37. The van der Waals surface area contributed by atoms with Crippen LogP contribution in [0.5, 0.6) is 0 Å². The second-order valence-corrected chi connectivity index (χ2v) is 6.26. The fraction of sp³-hybridized carbons (Fsp3) is 0.462. The number of para-hydroxylation sites is 2. The topological polar surface area (TPSA) is 27.1 Å². The van der Waals surface area contributed by atoms with Gasteiger partial charge in [-0.05, 0) is 18.6 Å².